The number of halogens is 1. The van der Waals surface area contributed by atoms with Crippen LogP contribution in [0, 0.1) is 21.8 Å². The molecule has 4 nitrogen and oxygen atoms in total. The minimum Gasteiger partial charge on any atom is -0.377 e. The number of hydrogen-bond acceptors (Lipinski definition) is 3. The standard InChI is InChI=1S/C11H13FN2O2/c1-7(8-2-3-8)13-10-6-9(12)4-5-11(10)14(15)16/h4-8,13H,2-3H2,1H3. The Labute approximate surface area is 92.6 Å². The molecule has 0 amide bonds. The van der Waals surface area contributed by atoms with Crippen LogP contribution in [0.15, 0.2) is 18.2 Å². The first-order valence-corrected chi connectivity index (χ1v) is 5.28. The van der Waals surface area contributed by atoms with Gasteiger partial charge in [0.05, 0.1) is 4.92 Å². The lowest BCUT2D eigenvalue weighted by atomic mass is 10.2. The topological polar surface area (TPSA) is 55.2 Å². The molecule has 1 atom stereocenters. The van der Waals surface area contributed by atoms with Gasteiger partial charge in [0.25, 0.3) is 5.69 Å². The molecular formula is C11H13FN2O2. The van der Waals surface area contributed by atoms with E-state index in [1.807, 2.05) is 6.92 Å². The van der Waals surface area contributed by atoms with Crippen molar-refractivity contribution < 1.29 is 9.31 Å². The second kappa shape index (κ2) is 4.08. The lowest BCUT2D eigenvalue weighted by Gasteiger charge is -2.14. The van der Waals surface area contributed by atoms with Crippen molar-refractivity contribution in [2.75, 3.05) is 5.32 Å². The Balaban J connectivity index is 2.22. The highest BCUT2D eigenvalue weighted by molar-refractivity contribution is 5.61. The van der Waals surface area contributed by atoms with E-state index in [1.165, 1.54) is 12.1 Å². The van der Waals surface area contributed by atoms with Crippen molar-refractivity contribution in [1.82, 2.24) is 0 Å². The molecule has 0 aliphatic heterocycles. The lowest BCUT2D eigenvalue weighted by Crippen LogP contribution is -2.18. The molecule has 1 N–H and O–H groups in total. The summed E-state index contributed by atoms with van der Waals surface area (Å²) in [6.07, 6.45) is 2.27. The zero-order valence-corrected chi connectivity index (χ0v) is 8.94. The van der Waals surface area contributed by atoms with E-state index < -0.39 is 10.7 Å². The molecule has 1 saturated carbocycles. The molecule has 1 aliphatic carbocycles. The van der Waals surface area contributed by atoms with Crippen LogP contribution in [-0.2, 0) is 0 Å². The summed E-state index contributed by atoms with van der Waals surface area (Å²) in [4.78, 5) is 10.2. The Bertz CT molecular complexity index is 418. The molecule has 0 saturated heterocycles. The molecule has 16 heavy (non-hydrogen) atoms. The highest BCUT2D eigenvalue weighted by Crippen LogP contribution is 2.35. The van der Waals surface area contributed by atoms with E-state index in [0.717, 1.165) is 18.9 Å². The average molecular weight is 224 g/mol. The number of hydrogen-bond donors (Lipinski definition) is 1. The Morgan fingerprint density at radius 2 is 2.25 bits per heavy atom. The molecule has 0 radical (unpaired) electrons. The molecule has 0 aromatic heterocycles. The van der Waals surface area contributed by atoms with Crippen LogP contribution in [0.5, 0.6) is 0 Å². The van der Waals surface area contributed by atoms with Gasteiger partial charge < -0.3 is 5.32 Å². The van der Waals surface area contributed by atoms with Crippen LogP contribution in [0.4, 0.5) is 15.8 Å². The average Bonchev–Trinajstić information content (AvgIpc) is 2.99. The zero-order chi connectivity index (χ0) is 11.7. The molecule has 2 rings (SSSR count). The highest BCUT2D eigenvalue weighted by Gasteiger charge is 2.29. The highest BCUT2D eigenvalue weighted by atomic mass is 19.1. The normalized spacial score (nSPS) is 16.9. The Morgan fingerprint density at radius 1 is 1.56 bits per heavy atom. The Kier molecular flexibility index (Phi) is 2.77. The Hall–Kier alpha value is -1.65. The summed E-state index contributed by atoms with van der Waals surface area (Å²) in [7, 11) is 0. The van der Waals surface area contributed by atoms with E-state index in [9.17, 15) is 14.5 Å². The fraction of sp³-hybridized carbons (Fsp3) is 0.455. The maximum Gasteiger partial charge on any atom is 0.292 e. The number of rotatable bonds is 4. The first-order valence-electron chi connectivity index (χ1n) is 5.28. The summed E-state index contributed by atoms with van der Waals surface area (Å²) in [6.45, 7) is 1.96. The second-order valence-electron chi connectivity index (χ2n) is 4.19. The smallest absolute Gasteiger partial charge is 0.292 e. The first kappa shape index (κ1) is 10.9. The molecule has 5 heteroatoms. The predicted molar refractivity (Wildman–Crippen MR) is 58.9 cm³/mol. The quantitative estimate of drug-likeness (QED) is 0.632. The van der Waals surface area contributed by atoms with Crippen LogP contribution in [0.2, 0.25) is 0 Å². The van der Waals surface area contributed by atoms with E-state index in [0.29, 0.717) is 5.92 Å². The number of nitro benzene ring substituents is 1. The van der Waals surface area contributed by atoms with E-state index in [2.05, 4.69) is 5.32 Å². The third-order valence-electron chi connectivity index (χ3n) is 2.87. The van der Waals surface area contributed by atoms with Gasteiger partial charge in [-0.25, -0.2) is 4.39 Å². The van der Waals surface area contributed by atoms with Crippen LogP contribution in [0.1, 0.15) is 19.8 Å². The molecule has 1 unspecified atom stereocenters. The summed E-state index contributed by atoms with van der Waals surface area (Å²) in [6, 6.07) is 3.62. The van der Waals surface area contributed by atoms with Gasteiger partial charge in [-0.3, -0.25) is 10.1 Å². The molecule has 1 aromatic carbocycles. The van der Waals surface area contributed by atoms with Crippen LogP contribution in [0.3, 0.4) is 0 Å². The largest absolute Gasteiger partial charge is 0.377 e. The van der Waals surface area contributed by atoms with Gasteiger partial charge in [-0.2, -0.15) is 0 Å². The lowest BCUT2D eigenvalue weighted by molar-refractivity contribution is -0.384. The molecular weight excluding hydrogens is 211 g/mol. The Morgan fingerprint density at radius 3 is 2.81 bits per heavy atom. The zero-order valence-electron chi connectivity index (χ0n) is 8.94. The maximum absolute atomic E-state index is 13.0. The minimum atomic E-state index is -0.499. The third kappa shape index (κ3) is 2.29. The maximum atomic E-state index is 13.0. The fourth-order valence-corrected chi connectivity index (χ4v) is 1.74. The van der Waals surface area contributed by atoms with Crippen molar-refractivity contribution in [2.24, 2.45) is 5.92 Å². The number of anilines is 1. The number of nitrogens with zero attached hydrogens (tertiary/aromatic N) is 1. The van der Waals surface area contributed by atoms with Gasteiger partial charge in [-0.05, 0) is 31.7 Å². The van der Waals surface area contributed by atoms with Crippen LogP contribution < -0.4 is 5.32 Å². The minimum absolute atomic E-state index is 0.0751. The summed E-state index contributed by atoms with van der Waals surface area (Å²) in [5, 5.41) is 13.8. The molecule has 0 bridgehead atoms. The van der Waals surface area contributed by atoms with E-state index in [1.54, 1.807) is 0 Å². The van der Waals surface area contributed by atoms with Gasteiger partial charge >= 0.3 is 0 Å². The van der Waals surface area contributed by atoms with Crippen LogP contribution in [-0.4, -0.2) is 11.0 Å². The van der Waals surface area contributed by atoms with Crippen molar-refractivity contribution in [3.8, 4) is 0 Å². The van der Waals surface area contributed by atoms with Crippen molar-refractivity contribution in [3.05, 3.63) is 34.1 Å². The number of benzene rings is 1. The predicted octanol–water partition coefficient (Wildman–Crippen LogP) is 2.94. The molecule has 0 heterocycles. The van der Waals surface area contributed by atoms with Gasteiger partial charge in [0.15, 0.2) is 0 Å². The van der Waals surface area contributed by atoms with E-state index >= 15 is 0 Å². The molecule has 1 aromatic rings. The van der Waals surface area contributed by atoms with Gasteiger partial charge in [0.2, 0.25) is 0 Å². The van der Waals surface area contributed by atoms with Crippen molar-refractivity contribution in [2.45, 2.75) is 25.8 Å². The van der Waals surface area contributed by atoms with Crippen LogP contribution in [0.25, 0.3) is 0 Å². The van der Waals surface area contributed by atoms with Crippen molar-refractivity contribution >= 4 is 11.4 Å². The first-order chi connectivity index (χ1) is 7.58. The van der Waals surface area contributed by atoms with E-state index in [-0.39, 0.29) is 17.4 Å². The SMILES string of the molecule is CC(Nc1cc(F)ccc1[N+](=O)[O-])C1CC1. The van der Waals surface area contributed by atoms with Crippen molar-refractivity contribution in [3.63, 3.8) is 0 Å². The number of nitrogens with one attached hydrogen (secondary N) is 1. The van der Waals surface area contributed by atoms with Gasteiger partial charge in [-0.15, -0.1) is 0 Å². The van der Waals surface area contributed by atoms with Gasteiger partial charge in [0, 0.05) is 18.2 Å². The van der Waals surface area contributed by atoms with Gasteiger partial charge in [0.1, 0.15) is 11.5 Å². The number of nitro groups is 1. The molecule has 1 fully saturated rings. The third-order valence-corrected chi connectivity index (χ3v) is 2.87. The summed E-state index contributed by atoms with van der Waals surface area (Å²) in [5.74, 6) is 0.0963. The van der Waals surface area contributed by atoms with Crippen LogP contribution >= 0.6 is 0 Å². The monoisotopic (exact) mass is 224 g/mol. The molecule has 86 valence electrons. The van der Waals surface area contributed by atoms with Crippen molar-refractivity contribution in [1.29, 1.82) is 0 Å². The summed E-state index contributed by atoms with van der Waals surface area (Å²) >= 11 is 0. The molecule has 0 spiro atoms. The summed E-state index contributed by atoms with van der Waals surface area (Å²) in [5.41, 5.74) is 0.193. The second-order valence-corrected chi connectivity index (χ2v) is 4.19. The summed E-state index contributed by atoms with van der Waals surface area (Å²) < 4.78 is 13.0. The van der Waals surface area contributed by atoms with Gasteiger partial charge in [-0.1, -0.05) is 0 Å². The fourth-order valence-electron chi connectivity index (χ4n) is 1.74. The van der Waals surface area contributed by atoms with E-state index in [4.69, 9.17) is 0 Å². The molecule has 1 aliphatic rings.